The Balaban J connectivity index is 0.000000240. The second-order valence-electron chi connectivity index (χ2n) is 19.9. The van der Waals surface area contributed by atoms with E-state index in [9.17, 15) is 19.5 Å². The molecule has 450 valence electrons. The molecule has 0 bridgehead atoms. The molecule has 0 fully saturated rings. The van der Waals surface area contributed by atoms with Gasteiger partial charge in [-0.1, -0.05) is 83.3 Å². The van der Waals surface area contributed by atoms with Gasteiger partial charge in [-0.15, -0.1) is 89.3 Å². The number of carbonyl (C=O) groups is 3. The number of ketones is 1. The van der Waals surface area contributed by atoms with Crippen LogP contribution in [0.15, 0.2) is 89.9 Å². The van der Waals surface area contributed by atoms with E-state index >= 15 is 0 Å². The third-order valence-corrected chi connectivity index (χ3v) is 135. The van der Waals surface area contributed by atoms with E-state index in [-0.39, 0.29) is 79.7 Å². The molecule has 12 atom stereocenters. The Kier molecular flexibility index (Phi) is 31.0. The van der Waals surface area contributed by atoms with Gasteiger partial charge < -0.3 is 36.2 Å². The van der Waals surface area contributed by atoms with Crippen molar-refractivity contribution in [2.45, 2.75) is 65.0 Å². The lowest BCUT2D eigenvalue weighted by molar-refractivity contribution is 0.0974. The van der Waals surface area contributed by atoms with Gasteiger partial charge in [0.15, 0.2) is 25.6 Å². The number of carbonyl (C=O) groups excluding carboxylic acids is 3. The van der Waals surface area contributed by atoms with E-state index in [4.69, 9.17) is 36.1 Å². The Morgan fingerprint density at radius 3 is 1.65 bits per heavy atom. The van der Waals surface area contributed by atoms with E-state index in [1.165, 1.54) is 17.9 Å². The molecular formula is C48H77N8O7P19Si. The minimum absolute atomic E-state index is 0.00671. The average molecular weight is 1490 g/mol. The van der Waals surface area contributed by atoms with Crippen LogP contribution in [0.3, 0.4) is 0 Å². The molecule has 3 heterocycles. The Hall–Kier alpha value is 1.29. The lowest BCUT2D eigenvalue weighted by atomic mass is 10.0. The summed E-state index contributed by atoms with van der Waals surface area (Å²) in [4.78, 5) is 41.0. The molecule has 0 aliphatic carbocycles. The largest absolute Gasteiger partial charge is 0.492 e. The molecule has 35 heteroatoms. The van der Waals surface area contributed by atoms with Crippen molar-refractivity contribution in [3.05, 3.63) is 130 Å². The number of nitrogen functional groups attached to an aromatic ring is 1. The van der Waals surface area contributed by atoms with Crippen molar-refractivity contribution in [3.8, 4) is 34.0 Å². The first kappa shape index (κ1) is 75.0. The normalized spacial score (nSPS) is 13.0. The number of fused-ring (bicyclic) bond motifs is 1. The van der Waals surface area contributed by atoms with Gasteiger partial charge in [0.2, 0.25) is 11.8 Å². The van der Waals surface area contributed by atoms with Crippen LogP contribution in [0.4, 0.5) is 11.4 Å². The van der Waals surface area contributed by atoms with Crippen LogP contribution in [0.5, 0.6) is 11.5 Å². The summed E-state index contributed by atoms with van der Waals surface area (Å²) in [6, 6.07) is 25.4. The predicted octanol–water partition coefficient (Wildman–Crippen LogP) is 17.8. The van der Waals surface area contributed by atoms with E-state index in [0.29, 0.717) is 64.0 Å². The van der Waals surface area contributed by atoms with Crippen LogP contribution in [0.1, 0.15) is 79.9 Å². The van der Waals surface area contributed by atoms with E-state index in [0.717, 1.165) is 52.9 Å². The summed E-state index contributed by atoms with van der Waals surface area (Å²) in [5, 5.41) is 18.6. The maximum atomic E-state index is 13.3. The zero-order valence-corrected chi connectivity index (χ0v) is 68.3. The van der Waals surface area contributed by atoms with Gasteiger partial charge in [-0.25, -0.2) is 0 Å². The number of aliphatic hydroxyl groups excluding tert-OH is 1. The first-order valence-electron chi connectivity index (χ1n) is 24.9. The number of aromatic nitrogens is 4. The Labute approximate surface area is 524 Å². The number of aliphatic imine (C=N–C) groups is 1. The van der Waals surface area contributed by atoms with Crippen LogP contribution in [0, 0.1) is 0 Å². The molecule has 7 N–H and O–H groups in total. The molecule has 15 nitrogen and oxygen atoms in total. The molecule has 6 aromatic rings. The molecule has 2 amide bonds. The zero-order chi connectivity index (χ0) is 62.0. The van der Waals surface area contributed by atoms with Gasteiger partial charge in [-0.05, 0) is 127 Å². The minimum atomic E-state index is -1.85. The highest BCUT2D eigenvalue weighted by Gasteiger charge is 2.41. The molecule has 0 spiro atoms. The van der Waals surface area contributed by atoms with Crippen LogP contribution >= 0.6 is 153 Å². The number of benzene rings is 4. The summed E-state index contributed by atoms with van der Waals surface area (Å²) in [5.41, 5.74) is 27.1. The number of ether oxygens (including phenoxy) is 2. The summed E-state index contributed by atoms with van der Waals surface area (Å²) >= 11 is 0. The molecule has 4 aromatic carbocycles. The van der Waals surface area contributed by atoms with Gasteiger partial charge in [0.05, 0.1) is 38.8 Å². The Bertz CT molecular complexity index is 3220. The van der Waals surface area contributed by atoms with Gasteiger partial charge >= 0.3 is 0 Å². The Morgan fingerprint density at radius 2 is 1.18 bits per heavy atom. The molecular weight excluding hydrogens is 1420 g/mol. The highest BCUT2D eigenvalue weighted by molar-refractivity contribution is 9.34. The first-order valence-corrected chi connectivity index (χ1v) is 61.7. The van der Waals surface area contributed by atoms with Gasteiger partial charge in [-0.3, -0.25) is 28.7 Å². The minimum Gasteiger partial charge on any atom is -0.492 e. The quantitative estimate of drug-likeness (QED) is 0.0218. The number of methoxy groups -OCH3 is 2. The van der Waals surface area contributed by atoms with Crippen LogP contribution in [-0.2, 0) is 44.6 Å². The number of aliphatic hydroxyl groups is 1. The third kappa shape index (κ3) is 19.9. The molecule has 0 radical (unpaired) electrons. The fourth-order valence-electron chi connectivity index (χ4n) is 7.95. The second-order valence-corrected chi connectivity index (χ2v) is 97.5. The molecule has 1 aliphatic rings. The van der Waals surface area contributed by atoms with Gasteiger partial charge in [-0.2, -0.15) is 10.2 Å². The number of aryl methyl sites for hydroxylation is 2. The molecule has 12 unspecified atom stereocenters. The lowest BCUT2D eigenvalue weighted by Gasteiger charge is -2.44. The SMILES string of the molecule is COc1c(-c2ccc(CO)cc2)nn(C)c1C1=Nc2cc(C(N)=O)ccc2C1.COc1c(-c2ccc(CO[Si](C)(C)C(C)(C)C)cc2)nn(C)c1C(=O)Cc1cc(C(N)=O)ccc1N.PPP(P)P(P(P(P)P)P(P)P)P(P(P)P)P(P)P. The van der Waals surface area contributed by atoms with Gasteiger partial charge in [0, 0.05) is 54.9 Å². The van der Waals surface area contributed by atoms with Crippen LogP contribution < -0.4 is 26.7 Å². The number of nitrogens with two attached hydrogens (primary N) is 3. The number of rotatable bonds is 22. The van der Waals surface area contributed by atoms with Crippen molar-refractivity contribution in [2.75, 3.05) is 20.0 Å². The highest BCUT2D eigenvalue weighted by atomic mass is 33.4. The summed E-state index contributed by atoms with van der Waals surface area (Å²) in [5.74, 6) is -0.264. The molecule has 83 heavy (non-hydrogen) atoms. The number of hydrogen-bond donors (Lipinski definition) is 4. The molecule has 7 rings (SSSR count). The lowest BCUT2D eigenvalue weighted by Crippen LogP contribution is -2.40. The maximum Gasteiger partial charge on any atom is 0.248 e. The average Bonchev–Trinajstić information content (AvgIpc) is 3.70. The van der Waals surface area contributed by atoms with Crippen molar-refractivity contribution >= 4 is 196 Å². The highest BCUT2D eigenvalue weighted by Crippen LogP contribution is 3.28. The van der Waals surface area contributed by atoms with Crippen molar-refractivity contribution in [3.63, 3.8) is 0 Å². The number of amides is 2. The number of primary amides is 2. The van der Waals surface area contributed by atoms with Crippen LogP contribution in [0.2, 0.25) is 18.1 Å². The summed E-state index contributed by atoms with van der Waals surface area (Å²) < 4.78 is 20.9. The van der Waals surface area contributed by atoms with Crippen molar-refractivity contribution < 1.29 is 33.4 Å². The summed E-state index contributed by atoms with van der Waals surface area (Å²) in [6.45, 7) is 12.5. The fraction of sp³-hybridized carbons (Fsp3) is 0.292. The summed E-state index contributed by atoms with van der Waals surface area (Å²) in [7, 11) is 37.3. The molecule has 1 aliphatic heterocycles. The number of hydrogen-bond acceptors (Lipinski definition) is 11. The van der Waals surface area contributed by atoms with Gasteiger partial charge in [0.25, 0.3) is 0 Å². The maximum absolute atomic E-state index is 13.3. The van der Waals surface area contributed by atoms with Crippen molar-refractivity contribution in [1.82, 2.24) is 19.6 Å². The third-order valence-electron chi connectivity index (χ3n) is 13.2. The van der Waals surface area contributed by atoms with E-state index < -0.39 is 20.1 Å². The summed E-state index contributed by atoms with van der Waals surface area (Å²) in [6.07, 6.45) is 0.596. The number of anilines is 1. The number of Topliss-reactive ketones (excluding diaryl/α,β-unsaturated/α-hetero) is 1. The molecule has 0 saturated carbocycles. The fourth-order valence-corrected chi connectivity index (χ4v) is 228. The predicted molar refractivity (Wildman–Crippen MR) is 411 cm³/mol. The topological polar surface area (TPSA) is 225 Å². The second kappa shape index (κ2) is 34.3. The van der Waals surface area contributed by atoms with E-state index in [2.05, 4.69) is 133 Å². The van der Waals surface area contributed by atoms with Crippen LogP contribution in [-0.4, -0.2) is 70.5 Å². The monoisotopic (exact) mass is 1490 g/mol. The smallest absolute Gasteiger partial charge is 0.248 e. The van der Waals surface area contributed by atoms with E-state index in [1.807, 2.05) is 61.6 Å². The first-order chi connectivity index (χ1) is 38.9. The number of nitrogens with zero attached hydrogens (tertiary/aromatic N) is 5. The van der Waals surface area contributed by atoms with Crippen molar-refractivity contribution in [1.29, 1.82) is 0 Å². The van der Waals surface area contributed by atoms with Gasteiger partial charge in [0.1, 0.15) is 22.8 Å². The zero-order valence-electron chi connectivity index (χ0n) is 47.6. The molecule has 0 saturated heterocycles. The Morgan fingerprint density at radius 1 is 0.699 bits per heavy atom. The molecule has 2 aromatic heterocycles. The van der Waals surface area contributed by atoms with E-state index in [1.54, 1.807) is 43.1 Å². The van der Waals surface area contributed by atoms with Crippen LogP contribution in [0.25, 0.3) is 22.5 Å². The standard InChI is InChI=1S/C27H36N4O4Si.C21H20N4O3.H21P19/c1-27(2,3)36(6,7)35-16-17-8-10-18(11-9-17)23-25(34-5)24(31(4)30-23)22(32)15-20-14-19(26(29)33)12-13-21(20)28;1-25-19(17-9-14-7-8-15(21(22)27)10-16(14)23-17)20(28-2)18(24-25)13-5-3-12(11-26)4-6-13;1-11-16(10)19(17(12(2)3)13(4)5)18(14(6)7)15(8)9/h8-14H,15-16,28H2,1-7H3,(H2,29,33);3-8,10,26H,9,11H2,1-2H3,(H2,22,27);11H,1-10H2. The van der Waals surface area contributed by atoms with Crippen molar-refractivity contribution in [2.24, 2.45) is 30.6 Å².